The van der Waals surface area contributed by atoms with Gasteiger partial charge >= 0.3 is 5.97 Å². The van der Waals surface area contributed by atoms with Gasteiger partial charge in [-0.2, -0.15) is 0 Å². The van der Waals surface area contributed by atoms with Crippen LogP contribution in [0.4, 0.5) is 0 Å². The maximum Gasteiger partial charge on any atom is 0.358 e. The average molecular weight is 325 g/mol. The highest BCUT2D eigenvalue weighted by molar-refractivity contribution is 5.98. The zero-order valence-electron chi connectivity index (χ0n) is 13.9. The van der Waals surface area contributed by atoms with Crippen LogP contribution in [0.3, 0.4) is 0 Å². The van der Waals surface area contributed by atoms with Crippen LogP contribution >= 0.6 is 0 Å². The fourth-order valence-electron chi connectivity index (χ4n) is 2.73. The molecule has 6 heteroatoms. The highest BCUT2D eigenvalue weighted by Gasteiger charge is 2.13. The number of imidazole rings is 1. The van der Waals surface area contributed by atoms with Gasteiger partial charge < -0.3 is 13.9 Å². The van der Waals surface area contributed by atoms with Gasteiger partial charge in [0.05, 0.1) is 6.61 Å². The zero-order chi connectivity index (χ0) is 17.3. The van der Waals surface area contributed by atoms with E-state index in [1.54, 1.807) is 24.0 Å². The molecule has 2 heterocycles. The molecule has 0 aliphatic carbocycles. The molecule has 24 heavy (non-hydrogen) atoms. The van der Waals surface area contributed by atoms with Crippen molar-refractivity contribution in [2.24, 2.45) is 0 Å². The minimum atomic E-state index is -0.447. The molecule has 0 radical (unpaired) electrons. The van der Waals surface area contributed by atoms with Gasteiger partial charge in [0.15, 0.2) is 12.0 Å². The lowest BCUT2D eigenvalue weighted by Crippen LogP contribution is -2.04. The fraction of sp³-hybridized carbons (Fsp3) is 0.278. The maximum atomic E-state index is 11.7. The van der Waals surface area contributed by atoms with Gasteiger partial charge in [0.2, 0.25) is 0 Å². The lowest BCUT2D eigenvalue weighted by Gasteiger charge is -2.09. The third-order valence-electron chi connectivity index (χ3n) is 3.90. The number of rotatable bonds is 5. The van der Waals surface area contributed by atoms with Gasteiger partial charge in [0.25, 0.3) is 0 Å². The van der Waals surface area contributed by atoms with E-state index < -0.39 is 5.97 Å². The first-order valence-electron chi connectivity index (χ1n) is 7.86. The molecule has 0 unspecified atom stereocenters. The number of aromatic nitrogens is 3. The summed E-state index contributed by atoms with van der Waals surface area (Å²) >= 11 is 0. The smallest absolute Gasteiger partial charge is 0.358 e. The van der Waals surface area contributed by atoms with Crippen LogP contribution in [0.2, 0.25) is 0 Å². The first-order chi connectivity index (χ1) is 11.5. The normalized spacial score (nSPS) is 11.2. The summed E-state index contributed by atoms with van der Waals surface area (Å²) in [5.74, 6) is -0.447. The molecule has 0 aliphatic heterocycles. The number of ether oxygens (including phenoxy) is 1. The van der Waals surface area contributed by atoms with E-state index in [0.717, 1.165) is 22.9 Å². The molecule has 124 valence electrons. The fourth-order valence-corrected chi connectivity index (χ4v) is 2.73. The number of carbonyl (C=O) groups excluding carboxylic acids is 2. The molecule has 0 bridgehead atoms. The second-order valence-corrected chi connectivity index (χ2v) is 5.79. The average Bonchev–Trinajstić information content (AvgIpc) is 3.19. The number of esters is 1. The Morgan fingerprint density at radius 1 is 1.33 bits per heavy atom. The van der Waals surface area contributed by atoms with E-state index >= 15 is 0 Å². The van der Waals surface area contributed by atoms with E-state index in [2.05, 4.69) is 23.4 Å². The molecule has 3 rings (SSSR count). The lowest BCUT2D eigenvalue weighted by atomic mass is 10.1. The monoisotopic (exact) mass is 325 g/mol. The second-order valence-electron chi connectivity index (χ2n) is 5.79. The first-order valence-corrected chi connectivity index (χ1v) is 7.86. The van der Waals surface area contributed by atoms with Crippen LogP contribution < -0.4 is 0 Å². The minimum absolute atomic E-state index is 0.257. The van der Waals surface area contributed by atoms with E-state index in [-0.39, 0.29) is 11.7 Å². The number of benzene rings is 1. The molecule has 2 aromatic heterocycles. The van der Waals surface area contributed by atoms with Crippen LogP contribution in [-0.2, 0) is 4.74 Å². The zero-order valence-corrected chi connectivity index (χ0v) is 13.9. The first kappa shape index (κ1) is 16.0. The van der Waals surface area contributed by atoms with Crippen molar-refractivity contribution in [3.05, 3.63) is 48.2 Å². The summed E-state index contributed by atoms with van der Waals surface area (Å²) in [5, 5.41) is 0.877. The number of hydrogen-bond donors (Lipinski definition) is 0. The molecule has 0 atom stereocenters. The van der Waals surface area contributed by atoms with Gasteiger partial charge in [-0.15, -0.1) is 0 Å². The number of aldehydes is 1. The summed E-state index contributed by atoms with van der Waals surface area (Å²) in [7, 11) is 0. The summed E-state index contributed by atoms with van der Waals surface area (Å²) < 4.78 is 8.76. The number of fused-ring (bicyclic) bond motifs is 1. The van der Waals surface area contributed by atoms with Crippen molar-refractivity contribution in [1.29, 1.82) is 0 Å². The number of carbonyl (C=O) groups is 2. The Balaban J connectivity index is 2.05. The second kappa shape index (κ2) is 6.31. The third-order valence-corrected chi connectivity index (χ3v) is 3.90. The highest BCUT2D eigenvalue weighted by atomic mass is 16.5. The lowest BCUT2D eigenvalue weighted by molar-refractivity contribution is 0.0520. The van der Waals surface area contributed by atoms with Gasteiger partial charge in [-0.05, 0) is 39.0 Å². The molecule has 0 N–H and O–H groups in total. The van der Waals surface area contributed by atoms with Gasteiger partial charge in [0, 0.05) is 40.6 Å². The Labute approximate surface area is 139 Å². The Bertz CT molecular complexity index is 906. The standard InChI is InChI=1S/C18H19N3O3/c1-4-24-18(23)16-9-20(11-19-16)14-5-6-17-15(7-14)13(10-22)8-21(17)12(2)3/h5-12H,4H2,1-3H3. The van der Waals surface area contributed by atoms with Crippen LogP contribution in [-0.4, -0.2) is 33.0 Å². The quantitative estimate of drug-likeness (QED) is 0.533. The van der Waals surface area contributed by atoms with E-state index in [1.165, 1.54) is 0 Å². The van der Waals surface area contributed by atoms with Crippen molar-refractivity contribution in [3.63, 3.8) is 0 Å². The summed E-state index contributed by atoms with van der Waals surface area (Å²) in [6, 6.07) is 6.10. The van der Waals surface area contributed by atoms with E-state index in [4.69, 9.17) is 4.74 Å². The third kappa shape index (κ3) is 2.71. The van der Waals surface area contributed by atoms with Crippen LogP contribution in [0.5, 0.6) is 0 Å². The van der Waals surface area contributed by atoms with Crippen molar-refractivity contribution in [2.75, 3.05) is 6.61 Å². The molecule has 1 aromatic carbocycles. The predicted octanol–water partition coefficient (Wildman–Crippen LogP) is 3.40. The van der Waals surface area contributed by atoms with E-state index in [0.29, 0.717) is 12.2 Å². The summed E-state index contributed by atoms with van der Waals surface area (Å²) in [4.78, 5) is 27.2. The molecule has 6 nitrogen and oxygen atoms in total. The topological polar surface area (TPSA) is 66.1 Å². The molecule has 0 spiro atoms. The summed E-state index contributed by atoms with van der Waals surface area (Å²) in [5.41, 5.74) is 2.73. The molecular weight excluding hydrogens is 306 g/mol. The van der Waals surface area contributed by atoms with E-state index in [1.807, 2.05) is 24.4 Å². The van der Waals surface area contributed by atoms with Crippen molar-refractivity contribution < 1.29 is 14.3 Å². The van der Waals surface area contributed by atoms with Crippen molar-refractivity contribution in [1.82, 2.24) is 14.1 Å². The maximum absolute atomic E-state index is 11.7. The summed E-state index contributed by atoms with van der Waals surface area (Å²) in [6.07, 6.45) is 5.92. The SMILES string of the molecule is CCOC(=O)c1cn(-c2ccc3c(c2)c(C=O)cn3C(C)C)cn1. The molecular formula is C18H19N3O3. The Kier molecular flexibility index (Phi) is 4.20. The van der Waals surface area contributed by atoms with Gasteiger partial charge in [0.1, 0.15) is 6.33 Å². The molecule has 0 aliphatic rings. The Hall–Kier alpha value is -2.89. The van der Waals surface area contributed by atoms with E-state index in [9.17, 15) is 9.59 Å². The van der Waals surface area contributed by atoms with Crippen molar-refractivity contribution in [3.8, 4) is 5.69 Å². The van der Waals surface area contributed by atoms with Gasteiger partial charge in [-0.3, -0.25) is 4.79 Å². The van der Waals surface area contributed by atoms with Crippen LogP contribution in [0.15, 0.2) is 36.9 Å². The van der Waals surface area contributed by atoms with Crippen LogP contribution in [0, 0.1) is 0 Å². The Morgan fingerprint density at radius 2 is 2.12 bits per heavy atom. The molecule has 0 saturated carbocycles. The van der Waals surface area contributed by atoms with Crippen molar-refractivity contribution in [2.45, 2.75) is 26.8 Å². The summed E-state index contributed by atoms with van der Waals surface area (Å²) in [6.45, 7) is 6.21. The minimum Gasteiger partial charge on any atom is -0.461 e. The van der Waals surface area contributed by atoms with Gasteiger partial charge in [-0.25, -0.2) is 9.78 Å². The number of nitrogens with zero attached hydrogens (tertiary/aromatic N) is 3. The van der Waals surface area contributed by atoms with Crippen LogP contribution in [0.25, 0.3) is 16.6 Å². The number of hydrogen-bond acceptors (Lipinski definition) is 4. The molecule has 0 saturated heterocycles. The largest absolute Gasteiger partial charge is 0.461 e. The van der Waals surface area contributed by atoms with Crippen molar-refractivity contribution >= 4 is 23.2 Å². The molecule has 0 fully saturated rings. The Morgan fingerprint density at radius 3 is 2.79 bits per heavy atom. The molecule has 0 amide bonds. The van der Waals surface area contributed by atoms with Crippen LogP contribution in [0.1, 0.15) is 47.7 Å². The highest BCUT2D eigenvalue weighted by Crippen LogP contribution is 2.26. The molecule has 3 aromatic rings. The van der Waals surface area contributed by atoms with Gasteiger partial charge in [-0.1, -0.05) is 0 Å². The predicted molar refractivity (Wildman–Crippen MR) is 90.8 cm³/mol.